The fourth-order valence-corrected chi connectivity index (χ4v) is 3.00. The molecule has 2 atom stereocenters. The molecule has 2 unspecified atom stereocenters. The quantitative estimate of drug-likeness (QED) is 0.790. The van der Waals surface area contributed by atoms with Gasteiger partial charge in [-0.15, -0.1) is 0 Å². The van der Waals surface area contributed by atoms with Gasteiger partial charge in [0.2, 0.25) is 5.91 Å². The Morgan fingerprint density at radius 1 is 1.29 bits per heavy atom. The number of carbonyl (C=O) groups excluding carboxylic acids is 1. The van der Waals surface area contributed by atoms with Gasteiger partial charge in [-0.3, -0.25) is 9.69 Å². The van der Waals surface area contributed by atoms with E-state index in [9.17, 15) is 9.90 Å². The second-order valence-electron chi connectivity index (χ2n) is 5.54. The Balaban J connectivity index is 1.83. The minimum Gasteiger partial charge on any atom is -0.395 e. The lowest BCUT2D eigenvalue weighted by Crippen LogP contribution is -2.46. The van der Waals surface area contributed by atoms with Crippen molar-refractivity contribution in [3.8, 4) is 0 Å². The molecule has 0 aromatic carbocycles. The Kier molecular flexibility index (Phi) is 4.40. The molecule has 0 aromatic heterocycles. The van der Waals surface area contributed by atoms with Crippen molar-refractivity contribution < 1.29 is 9.90 Å². The minimum absolute atomic E-state index is 0.184. The predicted octanol–water partition coefficient (Wildman–Crippen LogP) is 0.702. The summed E-state index contributed by atoms with van der Waals surface area (Å²) in [7, 11) is 0. The third kappa shape index (κ3) is 3.19. The lowest BCUT2D eigenvalue weighted by Gasteiger charge is -2.33. The second-order valence-corrected chi connectivity index (χ2v) is 5.54. The van der Waals surface area contributed by atoms with E-state index in [1.54, 1.807) is 0 Å². The van der Waals surface area contributed by atoms with E-state index in [-0.39, 0.29) is 18.6 Å². The maximum Gasteiger partial charge on any atom is 0.236 e. The Bertz CT molecular complexity index is 270. The molecule has 2 heterocycles. The van der Waals surface area contributed by atoms with Gasteiger partial charge in [-0.05, 0) is 38.1 Å². The highest BCUT2D eigenvalue weighted by Gasteiger charge is 2.28. The second kappa shape index (κ2) is 5.83. The van der Waals surface area contributed by atoms with Crippen molar-refractivity contribution in [3.63, 3.8) is 0 Å². The molecule has 2 saturated heterocycles. The molecule has 1 N–H and O–H groups in total. The highest BCUT2D eigenvalue weighted by Crippen LogP contribution is 2.19. The summed E-state index contributed by atoms with van der Waals surface area (Å²) in [6.45, 7) is 5.69. The van der Waals surface area contributed by atoms with Crippen molar-refractivity contribution in [2.75, 3.05) is 32.8 Å². The molecular formula is C13H24N2O2. The molecule has 98 valence electrons. The molecule has 4 heteroatoms. The Hall–Kier alpha value is -0.610. The highest BCUT2D eigenvalue weighted by atomic mass is 16.3. The monoisotopic (exact) mass is 240 g/mol. The number of hydrogen-bond donors (Lipinski definition) is 1. The summed E-state index contributed by atoms with van der Waals surface area (Å²) >= 11 is 0. The smallest absolute Gasteiger partial charge is 0.236 e. The summed E-state index contributed by atoms with van der Waals surface area (Å²) in [5.41, 5.74) is 0. The molecule has 0 radical (unpaired) electrons. The summed E-state index contributed by atoms with van der Waals surface area (Å²) < 4.78 is 0. The molecule has 2 rings (SSSR count). The predicted molar refractivity (Wildman–Crippen MR) is 66.7 cm³/mol. The zero-order valence-electron chi connectivity index (χ0n) is 10.8. The lowest BCUT2D eigenvalue weighted by atomic mass is 10.0. The van der Waals surface area contributed by atoms with Crippen molar-refractivity contribution in [2.45, 2.75) is 38.6 Å². The summed E-state index contributed by atoms with van der Waals surface area (Å²) in [4.78, 5) is 16.3. The van der Waals surface area contributed by atoms with Crippen LogP contribution in [0.25, 0.3) is 0 Å². The van der Waals surface area contributed by atoms with Gasteiger partial charge in [-0.2, -0.15) is 0 Å². The van der Waals surface area contributed by atoms with Gasteiger partial charge in [-0.1, -0.05) is 6.92 Å². The van der Waals surface area contributed by atoms with Crippen LogP contribution in [0.2, 0.25) is 0 Å². The number of likely N-dealkylation sites (tertiary alicyclic amines) is 2. The maximum atomic E-state index is 12.2. The van der Waals surface area contributed by atoms with E-state index in [0.717, 1.165) is 38.9 Å². The first-order valence-electron chi connectivity index (χ1n) is 6.83. The van der Waals surface area contributed by atoms with Crippen LogP contribution in [-0.2, 0) is 4.79 Å². The van der Waals surface area contributed by atoms with Gasteiger partial charge in [0.05, 0.1) is 13.2 Å². The Morgan fingerprint density at radius 2 is 2.06 bits per heavy atom. The first-order chi connectivity index (χ1) is 8.20. The fourth-order valence-electron chi connectivity index (χ4n) is 3.00. The molecule has 17 heavy (non-hydrogen) atoms. The van der Waals surface area contributed by atoms with E-state index in [1.165, 1.54) is 6.42 Å². The van der Waals surface area contributed by atoms with Gasteiger partial charge in [0.15, 0.2) is 0 Å². The van der Waals surface area contributed by atoms with E-state index < -0.39 is 0 Å². The number of carbonyl (C=O) groups is 1. The van der Waals surface area contributed by atoms with Gasteiger partial charge >= 0.3 is 0 Å². The van der Waals surface area contributed by atoms with E-state index in [0.29, 0.717) is 12.5 Å². The molecule has 1 amide bonds. The van der Waals surface area contributed by atoms with E-state index in [2.05, 4.69) is 11.8 Å². The molecule has 0 saturated carbocycles. The molecule has 2 aliphatic rings. The van der Waals surface area contributed by atoms with Gasteiger partial charge in [-0.25, -0.2) is 0 Å². The van der Waals surface area contributed by atoms with Crippen LogP contribution >= 0.6 is 0 Å². The summed E-state index contributed by atoms with van der Waals surface area (Å²) in [6.07, 6.45) is 4.51. The summed E-state index contributed by atoms with van der Waals surface area (Å²) in [5.74, 6) is 0.886. The third-order valence-electron chi connectivity index (χ3n) is 4.06. The SMILES string of the molecule is CC1CCCN(C(=O)CN2CCCC2CO)C1. The molecular weight excluding hydrogens is 216 g/mol. The number of nitrogens with zero attached hydrogens (tertiary/aromatic N) is 2. The minimum atomic E-state index is 0.184. The van der Waals surface area contributed by atoms with Crippen LogP contribution in [0.3, 0.4) is 0 Å². The van der Waals surface area contributed by atoms with Crippen molar-refractivity contribution >= 4 is 5.91 Å². The number of aliphatic hydroxyl groups excluding tert-OH is 1. The first-order valence-corrected chi connectivity index (χ1v) is 6.83. The number of aliphatic hydroxyl groups is 1. The van der Waals surface area contributed by atoms with Gasteiger partial charge < -0.3 is 10.0 Å². The van der Waals surface area contributed by atoms with Gasteiger partial charge in [0.25, 0.3) is 0 Å². The topological polar surface area (TPSA) is 43.8 Å². The van der Waals surface area contributed by atoms with Crippen LogP contribution in [0.15, 0.2) is 0 Å². The fraction of sp³-hybridized carbons (Fsp3) is 0.923. The van der Waals surface area contributed by atoms with Crippen LogP contribution in [0.4, 0.5) is 0 Å². The zero-order chi connectivity index (χ0) is 12.3. The van der Waals surface area contributed by atoms with Crippen molar-refractivity contribution in [1.29, 1.82) is 0 Å². The van der Waals surface area contributed by atoms with Crippen LogP contribution in [0.5, 0.6) is 0 Å². The van der Waals surface area contributed by atoms with Crippen LogP contribution in [0, 0.1) is 5.92 Å². The number of amides is 1. The van der Waals surface area contributed by atoms with E-state index >= 15 is 0 Å². The van der Waals surface area contributed by atoms with E-state index in [1.807, 2.05) is 4.90 Å². The number of hydrogen-bond acceptors (Lipinski definition) is 3. The number of rotatable bonds is 3. The van der Waals surface area contributed by atoms with Crippen molar-refractivity contribution in [3.05, 3.63) is 0 Å². The first kappa shape index (κ1) is 12.8. The third-order valence-corrected chi connectivity index (χ3v) is 4.06. The highest BCUT2D eigenvalue weighted by molar-refractivity contribution is 5.78. The zero-order valence-corrected chi connectivity index (χ0v) is 10.8. The normalized spacial score (nSPS) is 30.8. The molecule has 4 nitrogen and oxygen atoms in total. The molecule has 2 fully saturated rings. The summed E-state index contributed by atoms with van der Waals surface area (Å²) in [5, 5.41) is 9.24. The van der Waals surface area contributed by atoms with E-state index in [4.69, 9.17) is 0 Å². The van der Waals surface area contributed by atoms with Crippen molar-refractivity contribution in [1.82, 2.24) is 9.80 Å². The summed E-state index contributed by atoms with van der Waals surface area (Å²) in [6, 6.07) is 0.209. The maximum absolute atomic E-state index is 12.2. The molecule has 2 aliphatic heterocycles. The molecule has 0 bridgehead atoms. The average Bonchev–Trinajstić information content (AvgIpc) is 2.76. The van der Waals surface area contributed by atoms with Crippen molar-refractivity contribution in [2.24, 2.45) is 5.92 Å². The largest absolute Gasteiger partial charge is 0.395 e. The average molecular weight is 240 g/mol. The van der Waals surface area contributed by atoms with Gasteiger partial charge in [0.1, 0.15) is 0 Å². The standard InChI is InChI=1S/C13H24N2O2/c1-11-4-2-7-15(8-11)13(17)9-14-6-3-5-12(14)10-16/h11-12,16H,2-10H2,1H3. The number of piperidine rings is 1. The lowest BCUT2D eigenvalue weighted by molar-refractivity contribution is -0.134. The Labute approximate surface area is 104 Å². The molecule has 0 spiro atoms. The molecule has 0 aliphatic carbocycles. The Morgan fingerprint density at radius 3 is 2.76 bits per heavy atom. The van der Waals surface area contributed by atoms with Gasteiger partial charge in [0, 0.05) is 19.1 Å². The van der Waals surface area contributed by atoms with Crippen LogP contribution < -0.4 is 0 Å². The van der Waals surface area contributed by atoms with Crippen LogP contribution in [-0.4, -0.2) is 59.6 Å². The van der Waals surface area contributed by atoms with Crippen LogP contribution in [0.1, 0.15) is 32.6 Å². The molecule has 0 aromatic rings.